The third-order valence-corrected chi connectivity index (χ3v) is 5.40. The van der Waals surface area contributed by atoms with Gasteiger partial charge < -0.3 is 49.4 Å². The summed E-state index contributed by atoms with van der Waals surface area (Å²) in [5, 5.41) is 50.0. The Morgan fingerprint density at radius 2 is 1.24 bits per heavy atom. The van der Waals surface area contributed by atoms with Crippen LogP contribution in [0.2, 0.25) is 0 Å². The lowest BCUT2D eigenvalue weighted by molar-refractivity contribution is -0.143. The molecule has 0 radical (unpaired) electrons. The van der Waals surface area contributed by atoms with Crippen molar-refractivity contribution in [2.45, 2.75) is 51.5 Å². The maximum absolute atomic E-state index is 11.6. The Bertz CT molecular complexity index is 717. The molecule has 38 heavy (non-hydrogen) atoms. The van der Waals surface area contributed by atoms with Gasteiger partial charge in [0.05, 0.1) is 38.6 Å². The van der Waals surface area contributed by atoms with E-state index in [1.165, 1.54) is 40.2 Å². The van der Waals surface area contributed by atoms with E-state index in [2.05, 4.69) is 0 Å². The fourth-order valence-electron chi connectivity index (χ4n) is 3.47. The number of aliphatic hydroxyl groups excluding tert-OH is 5. The summed E-state index contributed by atoms with van der Waals surface area (Å²) in [6.45, 7) is 4.76. The summed E-state index contributed by atoms with van der Waals surface area (Å²) in [6, 6.07) is 0. The van der Waals surface area contributed by atoms with Crippen molar-refractivity contribution >= 4 is 11.9 Å². The highest BCUT2D eigenvalue weighted by Crippen LogP contribution is 2.09. The van der Waals surface area contributed by atoms with Crippen LogP contribution in [-0.2, 0) is 28.5 Å². The van der Waals surface area contributed by atoms with Crippen molar-refractivity contribution in [3.8, 4) is 0 Å². The van der Waals surface area contributed by atoms with Crippen LogP contribution >= 0.6 is 0 Å². The van der Waals surface area contributed by atoms with Crippen molar-refractivity contribution in [1.82, 2.24) is 9.80 Å². The maximum atomic E-state index is 11.6. The van der Waals surface area contributed by atoms with E-state index in [0.717, 1.165) is 0 Å². The second kappa shape index (κ2) is 21.6. The molecule has 0 amide bonds. The molecule has 5 N–H and O–H groups in total. The van der Waals surface area contributed by atoms with E-state index in [9.17, 15) is 35.1 Å². The average Bonchev–Trinajstić information content (AvgIpc) is 2.89. The van der Waals surface area contributed by atoms with E-state index in [1.807, 2.05) is 4.90 Å². The fourth-order valence-corrected chi connectivity index (χ4v) is 3.47. The van der Waals surface area contributed by atoms with Gasteiger partial charge in [0.15, 0.2) is 11.5 Å². The van der Waals surface area contributed by atoms with Crippen LogP contribution in [0.15, 0.2) is 23.7 Å². The molecular weight excluding hydrogens is 504 g/mol. The molecule has 0 saturated carbocycles. The summed E-state index contributed by atoms with van der Waals surface area (Å²) in [5.41, 5.74) is 0. The Morgan fingerprint density at radius 1 is 0.763 bits per heavy atom. The molecule has 0 saturated heterocycles. The van der Waals surface area contributed by atoms with Crippen LogP contribution in [0.25, 0.3) is 0 Å². The van der Waals surface area contributed by atoms with Crippen LogP contribution in [0.3, 0.4) is 0 Å². The Hall–Kier alpha value is -2.26. The highest BCUT2D eigenvalue weighted by molar-refractivity contribution is 5.85. The minimum atomic E-state index is -0.965. The van der Waals surface area contributed by atoms with Gasteiger partial charge in [-0.1, -0.05) is 0 Å². The number of rotatable bonds is 22. The number of methoxy groups -OCH3 is 2. The predicted octanol–water partition coefficient (Wildman–Crippen LogP) is 0.104. The number of ether oxygens (including phenoxy) is 4. The van der Waals surface area contributed by atoms with Gasteiger partial charge in [0, 0.05) is 46.9 Å². The summed E-state index contributed by atoms with van der Waals surface area (Å²) >= 11 is 0. The van der Waals surface area contributed by atoms with Crippen molar-refractivity contribution in [3.63, 3.8) is 0 Å². The van der Waals surface area contributed by atoms with E-state index in [0.29, 0.717) is 32.5 Å². The molecule has 13 nitrogen and oxygen atoms in total. The van der Waals surface area contributed by atoms with Crippen LogP contribution < -0.4 is 0 Å². The third kappa shape index (κ3) is 16.6. The van der Waals surface area contributed by atoms with Gasteiger partial charge in [0.2, 0.25) is 0 Å². The lowest BCUT2D eigenvalue weighted by Crippen LogP contribution is -2.45. The van der Waals surface area contributed by atoms with Crippen molar-refractivity contribution in [3.05, 3.63) is 23.7 Å². The largest absolute Gasteiger partial charge is 0.502 e. The smallest absolute Gasteiger partial charge is 0.373 e. The summed E-state index contributed by atoms with van der Waals surface area (Å²) < 4.78 is 19.9. The first-order valence-corrected chi connectivity index (χ1v) is 12.6. The molecule has 0 aromatic rings. The number of nitrogens with zero attached hydrogens (tertiary/aromatic N) is 2. The van der Waals surface area contributed by atoms with Gasteiger partial charge >= 0.3 is 11.9 Å². The normalized spacial score (nSPS) is 15.0. The van der Waals surface area contributed by atoms with Crippen LogP contribution in [-0.4, -0.2) is 139 Å². The van der Waals surface area contributed by atoms with E-state index < -0.39 is 41.9 Å². The topological polar surface area (TPSA) is 179 Å². The van der Waals surface area contributed by atoms with Gasteiger partial charge in [0.1, 0.15) is 6.23 Å². The van der Waals surface area contributed by atoms with Gasteiger partial charge in [-0.15, -0.1) is 0 Å². The summed E-state index contributed by atoms with van der Waals surface area (Å²) in [6.07, 6.45) is 0.916. The molecule has 0 heterocycles. The number of carbonyl (C=O) groups is 2. The quantitative estimate of drug-likeness (QED) is 0.0403. The van der Waals surface area contributed by atoms with E-state index in [4.69, 9.17) is 18.9 Å². The number of allylic oxidation sites excluding steroid dienone is 2. The predicted molar refractivity (Wildman–Crippen MR) is 138 cm³/mol. The highest BCUT2D eigenvalue weighted by atomic mass is 16.5. The molecule has 0 fully saturated rings. The minimum absolute atomic E-state index is 0.0111. The molecule has 0 bridgehead atoms. The zero-order valence-electron chi connectivity index (χ0n) is 23.0. The van der Waals surface area contributed by atoms with Gasteiger partial charge in [-0.3, -0.25) is 4.90 Å². The molecule has 0 spiro atoms. The molecule has 0 rings (SSSR count). The average molecular weight is 551 g/mol. The third-order valence-electron chi connectivity index (χ3n) is 5.40. The van der Waals surface area contributed by atoms with Crippen molar-refractivity contribution in [1.29, 1.82) is 0 Å². The van der Waals surface area contributed by atoms with Crippen LogP contribution in [0.1, 0.15) is 33.1 Å². The second-order valence-corrected chi connectivity index (χ2v) is 8.61. The Labute approximate surface area is 224 Å². The summed E-state index contributed by atoms with van der Waals surface area (Å²) in [4.78, 5) is 26.7. The Balaban J connectivity index is 5.01. The molecular formula is C25H46N2O11. The van der Waals surface area contributed by atoms with Gasteiger partial charge in [-0.25, -0.2) is 9.59 Å². The van der Waals surface area contributed by atoms with E-state index >= 15 is 0 Å². The fraction of sp³-hybridized carbons (Fsp3) is 0.760. The number of aliphatic hydroxyl groups is 5. The lowest BCUT2D eigenvalue weighted by atomic mass is 10.2. The monoisotopic (exact) mass is 550 g/mol. The van der Waals surface area contributed by atoms with Gasteiger partial charge in [0.25, 0.3) is 0 Å². The molecule has 222 valence electrons. The zero-order valence-corrected chi connectivity index (χ0v) is 23.0. The Morgan fingerprint density at radius 3 is 1.71 bits per heavy atom. The lowest BCUT2D eigenvalue weighted by Gasteiger charge is -2.32. The first-order chi connectivity index (χ1) is 18.1. The van der Waals surface area contributed by atoms with Crippen LogP contribution in [0.4, 0.5) is 0 Å². The van der Waals surface area contributed by atoms with Crippen molar-refractivity contribution in [2.24, 2.45) is 0 Å². The van der Waals surface area contributed by atoms with E-state index in [-0.39, 0.29) is 45.9 Å². The number of hydrogen-bond donors (Lipinski definition) is 5. The second-order valence-electron chi connectivity index (χ2n) is 8.61. The number of carbonyl (C=O) groups excluding carboxylic acids is 2. The van der Waals surface area contributed by atoms with Gasteiger partial charge in [-0.05, 0) is 45.3 Å². The molecule has 0 aliphatic heterocycles. The molecule has 0 aliphatic rings. The first kappa shape index (κ1) is 35.7. The summed E-state index contributed by atoms with van der Waals surface area (Å²) in [5.74, 6) is -2.60. The van der Waals surface area contributed by atoms with Crippen molar-refractivity contribution < 1.29 is 54.1 Å². The summed E-state index contributed by atoms with van der Waals surface area (Å²) in [7, 11) is 2.93. The van der Waals surface area contributed by atoms with Crippen LogP contribution in [0, 0.1) is 0 Å². The molecule has 0 aromatic carbocycles. The standard InChI is InChI=1S/C25H46N2O11/c1-5-21(30)24(33)37-13-7-10-26(15-19(28)17-35-3)12-9-23(32)27(16-20(29)18-36-4)11-8-14-38-25(34)22(31)6-2/h5-6,19-20,23,28-32H,7-18H2,1-4H3. The zero-order chi connectivity index (χ0) is 28.9. The van der Waals surface area contributed by atoms with Crippen molar-refractivity contribution in [2.75, 3.05) is 73.4 Å². The molecule has 3 unspecified atom stereocenters. The molecule has 0 aromatic heterocycles. The Kier molecular flexibility index (Phi) is 20.4. The van der Waals surface area contributed by atoms with Gasteiger partial charge in [-0.2, -0.15) is 0 Å². The molecule has 0 aliphatic carbocycles. The maximum Gasteiger partial charge on any atom is 0.373 e. The minimum Gasteiger partial charge on any atom is -0.502 e. The van der Waals surface area contributed by atoms with Crippen LogP contribution in [0.5, 0.6) is 0 Å². The highest BCUT2D eigenvalue weighted by Gasteiger charge is 2.21. The number of hydrogen-bond acceptors (Lipinski definition) is 13. The SMILES string of the molecule is CC=C(O)C(=O)OCCCN(CCC(O)N(CCCOC(=O)C(O)=CC)CC(O)COC)CC(O)COC. The van der Waals surface area contributed by atoms with E-state index in [1.54, 1.807) is 4.90 Å². The molecule has 3 atom stereocenters. The first-order valence-electron chi connectivity index (χ1n) is 12.6. The number of esters is 2. The molecule has 13 heteroatoms.